The Morgan fingerprint density at radius 2 is 1.69 bits per heavy atom. The number of nitrogens with zero attached hydrogens (tertiary/aromatic N) is 3. The van der Waals surface area contributed by atoms with E-state index in [0.29, 0.717) is 0 Å². The molecule has 1 amide bonds. The standard InChI is InChI=1S/C23H31N3O2S/c27-23(22-6-4-19-29-22)26-16-14-25(15-17-26)20-7-9-21(10-8-20)28-18-5-13-24-11-2-1-3-12-24/h4,6-10,19H,1-3,5,11-18H2. The van der Waals surface area contributed by atoms with Crippen LogP contribution >= 0.6 is 11.3 Å². The lowest BCUT2D eigenvalue weighted by atomic mass is 10.1. The summed E-state index contributed by atoms with van der Waals surface area (Å²) in [5, 5.41) is 1.96. The molecule has 0 unspecified atom stereocenters. The van der Waals surface area contributed by atoms with Crippen LogP contribution < -0.4 is 9.64 Å². The number of thiophene rings is 1. The summed E-state index contributed by atoms with van der Waals surface area (Å²) >= 11 is 1.52. The number of carbonyl (C=O) groups is 1. The van der Waals surface area contributed by atoms with E-state index in [2.05, 4.69) is 34.1 Å². The SMILES string of the molecule is O=C(c1cccs1)N1CCN(c2ccc(OCCCN3CCCCC3)cc2)CC1. The lowest BCUT2D eigenvalue weighted by Crippen LogP contribution is -2.48. The van der Waals surface area contributed by atoms with Crippen LogP contribution in [-0.2, 0) is 0 Å². The Hall–Kier alpha value is -2.05. The van der Waals surface area contributed by atoms with Gasteiger partial charge in [0, 0.05) is 38.4 Å². The van der Waals surface area contributed by atoms with Crippen LogP contribution in [0.5, 0.6) is 5.75 Å². The Morgan fingerprint density at radius 1 is 0.931 bits per heavy atom. The molecule has 1 aromatic heterocycles. The summed E-state index contributed by atoms with van der Waals surface area (Å²) in [4.78, 5) is 20.2. The predicted octanol–water partition coefficient (Wildman–Crippen LogP) is 3.97. The van der Waals surface area contributed by atoms with E-state index in [0.717, 1.165) is 56.4 Å². The molecule has 0 bridgehead atoms. The Morgan fingerprint density at radius 3 is 2.38 bits per heavy atom. The van der Waals surface area contributed by atoms with Gasteiger partial charge in [-0.2, -0.15) is 0 Å². The Labute approximate surface area is 177 Å². The highest BCUT2D eigenvalue weighted by Crippen LogP contribution is 2.22. The summed E-state index contributed by atoms with van der Waals surface area (Å²) in [6.45, 7) is 7.70. The summed E-state index contributed by atoms with van der Waals surface area (Å²) in [5.41, 5.74) is 1.20. The molecule has 4 rings (SSSR count). The number of hydrogen-bond acceptors (Lipinski definition) is 5. The number of hydrogen-bond donors (Lipinski definition) is 0. The molecule has 0 aliphatic carbocycles. The minimum absolute atomic E-state index is 0.160. The molecule has 156 valence electrons. The first-order chi connectivity index (χ1) is 14.3. The maximum absolute atomic E-state index is 12.5. The van der Waals surface area contributed by atoms with Crippen molar-refractivity contribution < 1.29 is 9.53 Å². The Bertz CT molecular complexity index is 749. The highest BCUT2D eigenvalue weighted by Gasteiger charge is 2.22. The van der Waals surface area contributed by atoms with Crippen molar-refractivity contribution in [3.8, 4) is 5.75 Å². The van der Waals surface area contributed by atoms with Gasteiger partial charge >= 0.3 is 0 Å². The first kappa shape index (κ1) is 20.2. The summed E-state index contributed by atoms with van der Waals surface area (Å²) in [7, 11) is 0. The van der Waals surface area contributed by atoms with Crippen LogP contribution in [0.25, 0.3) is 0 Å². The third kappa shape index (κ3) is 5.52. The van der Waals surface area contributed by atoms with Crippen LogP contribution in [0.15, 0.2) is 41.8 Å². The summed E-state index contributed by atoms with van der Waals surface area (Å²) in [6.07, 6.45) is 5.17. The molecule has 0 atom stereocenters. The van der Waals surface area contributed by atoms with Crippen LogP contribution in [0.4, 0.5) is 5.69 Å². The van der Waals surface area contributed by atoms with Crippen molar-refractivity contribution in [1.82, 2.24) is 9.80 Å². The van der Waals surface area contributed by atoms with Gasteiger partial charge in [0.25, 0.3) is 5.91 Å². The molecule has 29 heavy (non-hydrogen) atoms. The molecule has 1 aromatic carbocycles. The maximum Gasteiger partial charge on any atom is 0.264 e. The monoisotopic (exact) mass is 413 g/mol. The van der Waals surface area contributed by atoms with Crippen LogP contribution in [0, 0.1) is 0 Å². The van der Waals surface area contributed by atoms with Gasteiger partial charge in [-0.3, -0.25) is 4.79 Å². The molecule has 2 aromatic rings. The second-order valence-electron chi connectivity index (χ2n) is 7.85. The van der Waals surface area contributed by atoms with E-state index in [9.17, 15) is 4.79 Å². The Balaban J connectivity index is 1.19. The van der Waals surface area contributed by atoms with Crippen molar-refractivity contribution in [3.05, 3.63) is 46.7 Å². The van der Waals surface area contributed by atoms with Gasteiger partial charge in [-0.05, 0) is 68.1 Å². The van der Waals surface area contributed by atoms with Gasteiger partial charge in [-0.1, -0.05) is 12.5 Å². The van der Waals surface area contributed by atoms with Gasteiger partial charge < -0.3 is 19.4 Å². The van der Waals surface area contributed by atoms with Gasteiger partial charge in [-0.15, -0.1) is 11.3 Å². The Kier molecular flexibility index (Phi) is 7.06. The van der Waals surface area contributed by atoms with Gasteiger partial charge in [0.1, 0.15) is 5.75 Å². The van der Waals surface area contributed by atoms with Gasteiger partial charge in [-0.25, -0.2) is 0 Å². The number of amides is 1. The van der Waals surface area contributed by atoms with E-state index in [1.165, 1.54) is 49.4 Å². The molecule has 0 saturated carbocycles. The molecule has 2 saturated heterocycles. The molecule has 6 heteroatoms. The molecule has 2 fully saturated rings. The molecule has 2 aliphatic rings. The van der Waals surface area contributed by atoms with E-state index in [1.807, 2.05) is 22.4 Å². The number of benzene rings is 1. The zero-order chi connectivity index (χ0) is 19.9. The molecule has 2 aliphatic heterocycles. The van der Waals surface area contributed by atoms with E-state index in [4.69, 9.17) is 4.74 Å². The molecule has 3 heterocycles. The van der Waals surface area contributed by atoms with E-state index in [-0.39, 0.29) is 5.91 Å². The van der Waals surface area contributed by atoms with Crippen molar-refractivity contribution in [2.75, 3.05) is 57.3 Å². The number of rotatable bonds is 7. The quantitative estimate of drug-likeness (QED) is 0.644. The average molecular weight is 414 g/mol. The van der Waals surface area contributed by atoms with E-state index >= 15 is 0 Å². The number of carbonyl (C=O) groups excluding carboxylic acids is 1. The number of likely N-dealkylation sites (tertiary alicyclic amines) is 1. The normalized spacial score (nSPS) is 18.1. The van der Waals surface area contributed by atoms with E-state index < -0.39 is 0 Å². The second-order valence-corrected chi connectivity index (χ2v) is 8.80. The minimum Gasteiger partial charge on any atom is -0.494 e. The minimum atomic E-state index is 0.160. The fraction of sp³-hybridized carbons (Fsp3) is 0.522. The summed E-state index contributed by atoms with van der Waals surface area (Å²) in [5.74, 6) is 1.10. The molecule has 0 spiro atoms. The first-order valence-electron chi connectivity index (χ1n) is 10.8. The number of piperazine rings is 1. The molecule has 0 N–H and O–H groups in total. The molecule has 0 radical (unpaired) electrons. The average Bonchev–Trinajstić information content (AvgIpc) is 3.33. The lowest BCUT2D eigenvalue weighted by Gasteiger charge is -2.36. The first-order valence-corrected chi connectivity index (χ1v) is 11.7. The van der Waals surface area contributed by atoms with Crippen molar-refractivity contribution >= 4 is 22.9 Å². The number of piperidine rings is 1. The second kappa shape index (κ2) is 10.1. The third-order valence-corrected chi connectivity index (χ3v) is 6.69. The predicted molar refractivity (Wildman–Crippen MR) is 119 cm³/mol. The summed E-state index contributed by atoms with van der Waals surface area (Å²) in [6, 6.07) is 12.3. The van der Waals surface area contributed by atoms with Crippen LogP contribution in [0.1, 0.15) is 35.4 Å². The van der Waals surface area contributed by atoms with Gasteiger partial charge in [0.05, 0.1) is 11.5 Å². The van der Waals surface area contributed by atoms with Crippen LogP contribution in [0.3, 0.4) is 0 Å². The van der Waals surface area contributed by atoms with Crippen molar-refractivity contribution in [2.45, 2.75) is 25.7 Å². The highest BCUT2D eigenvalue weighted by atomic mass is 32.1. The zero-order valence-corrected chi connectivity index (χ0v) is 17.9. The number of anilines is 1. The highest BCUT2D eigenvalue weighted by molar-refractivity contribution is 7.12. The van der Waals surface area contributed by atoms with E-state index in [1.54, 1.807) is 0 Å². The lowest BCUT2D eigenvalue weighted by molar-refractivity contribution is 0.0751. The maximum atomic E-state index is 12.5. The number of ether oxygens (including phenoxy) is 1. The van der Waals surface area contributed by atoms with Crippen molar-refractivity contribution in [2.24, 2.45) is 0 Å². The smallest absolute Gasteiger partial charge is 0.264 e. The molecular formula is C23H31N3O2S. The fourth-order valence-corrected chi connectivity index (χ4v) is 4.83. The van der Waals surface area contributed by atoms with Gasteiger partial charge in [0.2, 0.25) is 0 Å². The zero-order valence-electron chi connectivity index (χ0n) is 17.1. The van der Waals surface area contributed by atoms with Crippen LogP contribution in [-0.4, -0.2) is 68.1 Å². The topological polar surface area (TPSA) is 36.0 Å². The van der Waals surface area contributed by atoms with Gasteiger partial charge in [0.15, 0.2) is 0 Å². The van der Waals surface area contributed by atoms with Crippen molar-refractivity contribution in [3.63, 3.8) is 0 Å². The molecule has 5 nitrogen and oxygen atoms in total. The largest absolute Gasteiger partial charge is 0.494 e. The van der Waals surface area contributed by atoms with Crippen LogP contribution in [0.2, 0.25) is 0 Å². The molecular weight excluding hydrogens is 382 g/mol. The fourth-order valence-electron chi connectivity index (χ4n) is 4.14. The third-order valence-electron chi connectivity index (χ3n) is 5.84. The summed E-state index contributed by atoms with van der Waals surface area (Å²) < 4.78 is 5.93. The van der Waals surface area contributed by atoms with Crippen molar-refractivity contribution in [1.29, 1.82) is 0 Å².